The van der Waals surface area contributed by atoms with Crippen LogP contribution in [0.25, 0.3) is 5.65 Å². The van der Waals surface area contributed by atoms with Crippen LogP contribution in [0.5, 0.6) is 0 Å². The summed E-state index contributed by atoms with van der Waals surface area (Å²) in [6.07, 6.45) is 2.42. The predicted molar refractivity (Wildman–Crippen MR) is 145 cm³/mol. The third kappa shape index (κ3) is 5.47. The fourth-order valence-electron chi connectivity index (χ4n) is 4.98. The molecule has 0 atom stereocenters. The number of aromatic nitrogens is 3. The smallest absolute Gasteiger partial charge is 0.224 e. The first-order valence-electron chi connectivity index (χ1n) is 12.7. The zero-order valence-electron chi connectivity index (χ0n) is 21.3. The molecule has 2 aromatic heterocycles. The molecule has 2 aromatic carbocycles. The number of rotatable bonds is 7. The molecule has 0 aliphatic carbocycles. The van der Waals surface area contributed by atoms with Gasteiger partial charge in [-0.05, 0) is 55.7 Å². The van der Waals surface area contributed by atoms with Gasteiger partial charge in [0.15, 0.2) is 5.65 Å². The number of amides is 1. The minimum absolute atomic E-state index is 0.0423. The van der Waals surface area contributed by atoms with Gasteiger partial charge in [0, 0.05) is 61.9 Å². The maximum atomic E-state index is 12.7. The summed E-state index contributed by atoms with van der Waals surface area (Å²) < 4.78 is 1.68. The molecule has 5 rings (SSSR count). The second-order valence-corrected chi connectivity index (χ2v) is 9.51. The largest absolute Gasteiger partial charge is 0.369 e. The third-order valence-electron chi connectivity index (χ3n) is 7.07. The van der Waals surface area contributed by atoms with Crippen LogP contribution in [0, 0.1) is 25.2 Å². The predicted octanol–water partition coefficient (Wildman–Crippen LogP) is 4.11. The van der Waals surface area contributed by atoms with Crippen molar-refractivity contribution >= 4 is 22.9 Å². The highest BCUT2D eigenvalue weighted by Crippen LogP contribution is 2.22. The summed E-state index contributed by atoms with van der Waals surface area (Å²) in [6.45, 7) is 8.89. The zero-order valence-corrected chi connectivity index (χ0v) is 21.3. The van der Waals surface area contributed by atoms with Gasteiger partial charge in [0.2, 0.25) is 5.91 Å². The summed E-state index contributed by atoms with van der Waals surface area (Å²) in [5, 5.41) is 16.5. The van der Waals surface area contributed by atoms with Gasteiger partial charge in [-0.15, -0.1) is 0 Å². The molecule has 188 valence electrons. The minimum Gasteiger partial charge on any atom is -0.369 e. The number of hydrogen-bond acceptors (Lipinski definition) is 6. The molecule has 0 bridgehead atoms. The van der Waals surface area contributed by atoms with Crippen LogP contribution in [0.1, 0.15) is 34.5 Å². The molecule has 1 fully saturated rings. The number of nitriles is 1. The van der Waals surface area contributed by atoms with Crippen molar-refractivity contribution in [3.8, 4) is 6.07 Å². The van der Waals surface area contributed by atoms with E-state index in [-0.39, 0.29) is 5.91 Å². The lowest BCUT2D eigenvalue weighted by Crippen LogP contribution is -2.45. The average molecular weight is 494 g/mol. The van der Waals surface area contributed by atoms with Gasteiger partial charge in [-0.2, -0.15) is 10.4 Å². The van der Waals surface area contributed by atoms with Crippen molar-refractivity contribution in [3.05, 3.63) is 88.9 Å². The molecular formula is C29H31N7O. The molecule has 0 unspecified atom stereocenters. The van der Waals surface area contributed by atoms with E-state index in [1.54, 1.807) is 4.52 Å². The van der Waals surface area contributed by atoms with Crippen LogP contribution < -0.4 is 10.2 Å². The second-order valence-electron chi connectivity index (χ2n) is 9.51. The molecule has 1 aliphatic heterocycles. The van der Waals surface area contributed by atoms with Gasteiger partial charge in [-0.25, -0.2) is 9.50 Å². The first-order valence-corrected chi connectivity index (χ1v) is 12.7. The van der Waals surface area contributed by atoms with Crippen molar-refractivity contribution in [3.63, 3.8) is 0 Å². The number of anilines is 2. The Morgan fingerprint density at radius 3 is 2.46 bits per heavy atom. The van der Waals surface area contributed by atoms with Gasteiger partial charge < -0.3 is 10.2 Å². The minimum atomic E-state index is -0.0423. The van der Waals surface area contributed by atoms with Crippen molar-refractivity contribution in [1.29, 1.82) is 5.26 Å². The van der Waals surface area contributed by atoms with Crippen molar-refractivity contribution in [2.75, 3.05) is 36.4 Å². The van der Waals surface area contributed by atoms with E-state index in [2.05, 4.69) is 73.7 Å². The van der Waals surface area contributed by atoms with E-state index in [1.807, 2.05) is 26.0 Å². The quantitative estimate of drug-likeness (QED) is 0.417. The van der Waals surface area contributed by atoms with Crippen LogP contribution >= 0.6 is 0 Å². The van der Waals surface area contributed by atoms with Crippen LogP contribution in [-0.4, -0.2) is 51.6 Å². The van der Waals surface area contributed by atoms with E-state index in [0.29, 0.717) is 24.1 Å². The first kappa shape index (κ1) is 24.5. The molecule has 8 heteroatoms. The fourth-order valence-corrected chi connectivity index (χ4v) is 4.98. The van der Waals surface area contributed by atoms with Gasteiger partial charge in [-0.1, -0.05) is 30.3 Å². The highest BCUT2D eigenvalue weighted by atomic mass is 16.1. The van der Waals surface area contributed by atoms with E-state index < -0.39 is 0 Å². The van der Waals surface area contributed by atoms with Crippen LogP contribution in [0.3, 0.4) is 0 Å². The molecule has 4 aromatic rings. The van der Waals surface area contributed by atoms with E-state index in [9.17, 15) is 10.1 Å². The number of fused-ring (bicyclic) bond motifs is 1. The van der Waals surface area contributed by atoms with Crippen molar-refractivity contribution in [2.24, 2.45) is 0 Å². The van der Waals surface area contributed by atoms with E-state index >= 15 is 0 Å². The van der Waals surface area contributed by atoms with Gasteiger partial charge in [0.05, 0.1) is 6.20 Å². The molecule has 0 spiro atoms. The number of piperazine rings is 1. The lowest BCUT2D eigenvalue weighted by molar-refractivity contribution is -0.116. The Kier molecular flexibility index (Phi) is 7.15. The number of nitrogens with one attached hydrogen (secondary N) is 1. The van der Waals surface area contributed by atoms with Crippen LogP contribution in [-0.2, 0) is 17.8 Å². The van der Waals surface area contributed by atoms with Gasteiger partial charge in [0.1, 0.15) is 11.6 Å². The highest BCUT2D eigenvalue weighted by Gasteiger charge is 2.18. The molecule has 1 saturated heterocycles. The molecule has 1 aliphatic rings. The summed E-state index contributed by atoms with van der Waals surface area (Å²) in [5.74, 6) is -0.0423. The molecule has 0 radical (unpaired) electrons. The summed E-state index contributed by atoms with van der Waals surface area (Å²) in [6, 6.07) is 20.8. The second kappa shape index (κ2) is 10.8. The fraction of sp³-hybridized carbons (Fsp3) is 0.310. The Hall–Kier alpha value is -4.22. The summed E-state index contributed by atoms with van der Waals surface area (Å²) >= 11 is 0. The normalized spacial score (nSPS) is 14.0. The Bertz CT molecular complexity index is 1430. The lowest BCUT2D eigenvalue weighted by Gasteiger charge is -2.36. The number of carbonyl (C=O) groups excluding carboxylic acids is 1. The summed E-state index contributed by atoms with van der Waals surface area (Å²) in [4.78, 5) is 22.1. The van der Waals surface area contributed by atoms with Gasteiger partial charge in [-0.3, -0.25) is 9.69 Å². The van der Waals surface area contributed by atoms with E-state index in [1.165, 1.54) is 17.4 Å². The molecule has 0 saturated carbocycles. The zero-order chi connectivity index (χ0) is 25.8. The SMILES string of the molecule is Cc1nc2c(C#N)cnn2c(C)c1CCC(=O)Nc1ccc(N2CCN(Cc3ccccc3)CC2)cc1. The number of hydrogen-bond donors (Lipinski definition) is 1. The van der Waals surface area contributed by atoms with Gasteiger partial charge in [0.25, 0.3) is 0 Å². The molecular weight excluding hydrogens is 462 g/mol. The summed E-state index contributed by atoms with van der Waals surface area (Å²) in [5.41, 5.74) is 7.05. The summed E-state index contributed by atoms with van der Waals surface area (Å²) in [7, 11) is 0. The monoisotopic (exact) mass is 493 g/mol. The van der Waals surface area contributed by atoms with Crippen molar-refractivity contribution in [1.82, 2.24) is 19.5 Å². The maximum absolute atomic E-state index is 12.7. The number of aryl methyl sites for hydroxylation is 2. The van der Waals surface area contributed by atoms with E-state index in [4.69, 9.17) is 0 Å². The number of carbonyl (C=O) groups is 1. The van der Waals surface area contributed by atoms with Crippen molar-refractivity contribution < 1.29 is 4.79 Å². The van der Waals surface area contributed by atoms with E-state index in [0.717, 1.165) is 55.4 Å². The lowest BCUT2D eigenvalue weighted by atomic mass is 10.1. The van der Waals surface area contributed by atoms with Crippen LogP contribution in [0.15, 0.2) is 60.8 Å². The molecule has 37 heavy (non-hydrogen) atoms. The molecule has 1 amide bonds. The first-order chi connectivity index (χ1) is 18.0. The molecule has 1 N–H and O–H groups in total. The van der Waals surface area contributed by atoms with Crippen LogP contribution in [0.4, 0.5) is 11.4 Å². The standard InChI is InChI=1S/C29H31N7O/c1-21-27(22(2)36-29(32-21)24(18-30)19-31-36)12-13-28(37)33-25-8-10-26(11-9-25)35-16-14-34(15-17-35)20-23-6-4-3-5-7-23/h3-11,19H,12-17,20H2,1-2H3,(H,33,37). The Labute approximate surface area is 217 Å². The maximum Gasteiger partial charge on any atom is 0.224 e. The Balaban J connectivity index is 1.13. The Morgan fingerprint density at radius 2 is 1.76 bits per heavy atom. The topological polar surface area (TPSA) is 89.6 Å². The number of benzene rings is 2. The Morgan fingerprint density at radius 1 is 1.03 bits per heavy atom. The van der Waals surface area contributed by atoms with Gasteiger partial charge >= 0.3 is 0 Å². The molecule has 8 nitrogen and oxygen atoms in total. The van der Waals surface area contributed by atoms with Crippen LogP contribution in [0.2, 0.25) is 0 Å². The average Bonchev–Trinajstić information content (AvgIpc) is 3.33. The highest BCUT2D eigenvalue weighted by molar-refractivity contribution is 5.91. The molecule has 3 heterocycles. The number of nitrogens with zero attached hydrogens (tertiary/aromatic N) is 6. The van der Waals surface area contributed by atoms with Crippen molar-refractivity contribution in [2.45, 2.75) is 33.2 Å². The third-order valence-corrected chi connectivity index (χ3v) is 7.07.